The Labute approximate surface area is 155 Å². The number of para-hydroxylation sites is 1. The van der Waals surface area contributed by atoms with Crippen LogP contribution in [0.15, 0.2) is 30.6 Å². The Bertz CT molecular complexity index is 701. The van der Waals surface area contributed by atoms with Crippen molar-refractivity contribution >= 4 is 17.5 Å². The zero-order chi connectivity index (χ0) is 19.1. The highest BCUT2D eigenvalue weighted by atomic mass is 16.5. The molecule has 0 aliphatic carbocycles. The number of benzene rings is 1. The normalized spacial score (nSPS) is 11.0. The molecule has 26 heavy (non-hydrogen) atoms. The molecule has 0 saturated carbocycles. The molecule has 1 aromatic carbocycles. The number of amides is 1. The molecule has 0 spiro atoms. The lowest BCUT2D eigenvalue weighted by atomic mass is 9.92. The maximum Gasteiger partial charge on any atom is 0.258 e. The Kier molecular flexibility index (Phi) is 7.09. The molecule has 0 aliphatic rings. The monoisotopic (exact) mass is 356 g/mol. The first-order valence-electron chi connectivity index (χ1n) is 8.93. The molecule has 0 aliphatic heterocycles. The van der Waals surface area contributed by atoms with Crippen LogP contribution in [0.3, 0.4) is 0 Å². The first-order chi connectivity index (χ1) is 12.4. The van der Waals surface area contributed by atoms with Crippen molar-refractivity contribution in [3.05, 3.63) is 47.3 Å². The lowest BCUT2D eigenvalue weighted by Gasteiger charge is -2.20. The van der Waals surface area contributed by atoms with E-state index in [0.717, 1.165) is 16.8 Å². The average molecular weight is 356 g/mol. The minimum absolute atomic E-state index is 0.205. The van der Waals surface area contributed by atoms with E-state index in [0.29, 0.717) is 36.5 Å². The minimum Gasteiger partial charge on any atom is -0.383 e. The summed E-state index contributed by atoms with van der Waals surface area (Å²) in [5, 5.41) is 6.10. The summed E-state index contributed by atoms with van der Waals surface area (Å²) >= 11 is 0. The van der Waals surface area contributed by atoms with Gasteiger partial charge in [-0.1, -0.05) is 45.9 Å². The van der Waals surface area contributed by atoms with Gasteiger partial charge in [-0.05, 0) is 23.0 Å². The van der Waals surface area contributed by atoms with Crippen molar-refractivity contribution in [3.63, 3.8) is 0 Å². The van der Waals surface area contributed by atoms with E-state index in [1.807, 2.05) is 6.07 Å². The van der Waals surface area contributed by atoms with E-state index in [-0.39, 0.29) is 5.91 Å². The largest absolute Gasteiger partial charge is 0.383 e. The highest BCUT2D eigenvalue weighted by molar-refractivity contribution is 6.04. The van der Waals surface area contributed by atoms with E-state index in [4.69, 9.17) is 4.74 Å². The Morgan fingerprint density at radius 1 is 1.08 bits per heavy atom. The van der Waals surface area contributed by atoms with E-state index in [1.54, 1.807) is 7.11 Å². The molecule has 0 unspecified atom stereocenters. The van der Waals surface area contributed by atoms with Crippen molar-refractivity contribution in [2.45, 2.75) is 39.5 Å². The Hall–Kier alpha value is -2.47. The molecule has 0 fully saturated rings. The molecular weight excluding hydrogens is 328 g/mol. The van der Waals surface area contributed by atoms with E-state index in [1.165, 1.54) is 12.4 Å². The van der Waals surface area contributed by atoms with Gasteiger partial charge in [0.05, 0.1) is 12.2 Å². The van der Waals surface area contributed by atoms with Crippen LogP contribution in [0.25, 0.3) is 0 Å². The van der Waals surface area contributed by atoms with Gasteiger partial charge in [-0.3, -0.25) is 4.79 Å². The van der Waals surface area contributed by atoms with Gasteiger partial charge in [-0.15, -0.1) is 0 Å². The number of carbonyl (C=O) groups excluding carboxylic acids is 1. The van der Waals surface area contributed by atoms with Crippen LogP contribution < -0.4 is 10.6 Å². The van der Waals surface area contributed by atoms with Crippen LogP contribution in [0.5, 0.6) is 0 Å². The van der Waals surface area contributed by atoms with E-state index in [2.05, 4.69) is 60.4 Å². The summed E-state index contributed by atoms with van der Waals surface area (Å²) in [6, 6.07) is 6.17. The lowest BCUT2D eigenvalue weighted by Crippen LogP contribution is -2.17. The first-order valence-corrected chi connectivity index (χ1v) is 8.93. The van der Waals surface area contributed by atoms with E-state index in [9.17, 15) is 4.79 Å². The number of hydrogen-bond acceptors (Lipinski definition) is 5. The van der Waals surface area contributed by atoms with Gasteiger partial charge in [-0.25, -0.2) is 9.97 Å². The summed E-state index contributed by atoms with van der Waals surface area (Å²) < 4.78 is 4.97. The van der Waals surface area contributed by atoms with E-state index >= 15 is 0 Å². The zero-order valence-electron chi connectivity index (χ0n) is 16.2. The predicted molar refractivity (Wildman–Crippen MR) is 105 cm³/mol. The molecule has 1 aromatic heterocycles. The summed E-state index contributed by atoms with van der Waals surface area (Å²) in [7, 11) is 1.64. The summed E-state index contributed by atoms with van der Waals surface area (Å²) in [4.78, 5) is 21.1. The number of rotatable bonds is 8. The van der Waals surface area contributed by atoms with Gasteiger partial charge in [-0.2, -0.15) is 0 Å². The van der Waals surface area contributed by atoms with Crippen molar-refractivity contribution in [2.24, 2.45) is 0 Å². The van der Waals surface area contributed by atoms with Gasteiger partial charge >= 0.3 is 0 Å². The molecule has 0 bridgehead atoms. The van der Waals surface area contributed by atoms with Gasteiger partial charge in [0.15, 0.2) is 0 Å². The second kappa shape index (κ2) is 9.29. The fourth-order valence-electron chi connectivity index (χ4n) is 2.68. The van der Waals surface area contributed by atoms with Crippen molar-refractivity contribution in [3.8, 4) is 0 Å². The molecule has 6 heteroatoms. The van der Waals surface area contributed by atoms with Gasteiger partial charge in [0.1, 0.15) is 0 Å². The number of nitrogens with one attached hydrogen (secondary N) is 2. The predicted octanol–water partition coefficient (Wildman–Crippen LogP) is 4.03. The van der Waals surface area contributed by atoms with Gasteiger partial charge in [0, 0.05) is 31.7 Å². The fourth-order valence-corrected chi connectivity index (χ4v) is 2.68. The van der Waals surface area contributed by atoms with Crippen molar-refractivity contribution in [1.82, 2.24) is 9.97 Å². The maximum atomic E-state index is 12.7. The van der Waals surface area contributed by atoms with Crippen molar-refractivity contribution in [1.29, 1.82) is 0 Å². The van der Waals surface area contributed by atoms with Crippen LogP contribution in [0.1, 0.15) is 61.0 Å². The van der Waals surface area contributed by atoms with Crippen molar-refractivity contribution < 1.29 is 9.53 Å². The summed E-state index contributed by atoms with van der Waals surface area (Å²) in [5.74, 6) is 0.896. The third-order valence-electron chi connectivity index (χ3n) is 4.11. The highest BCUT2D eigenvalue weighted by Crippen LogP contribution is 2.32. The van der Waals surface area contributed by atoms with Crippen LogP contribution in [0.2, 0.25) is 0 Å². The van der Waals surface area contributed by atoms with Crippen LogP contribution in [0, 0.1) is 0 Å². The van der Waals surface area contributed by atoms with Crippen LogP contribution in [-0.4, -0.2) is 36.1 Å². The number of nitrogens with zero attached hydrogens (tertiary/aromatic N) is 2. The Balaban J connectivity index is 2.19. The lowest BCUT2D eigenvalue weighted by molar-refractivity contribution is 0.102. The summed E-state index contributed by atoms with van der Waals surface area (Å²) in [6.45, 7) is 9.67. The average Bonchev–Trinajstić information content (AvgIpc) is 2.62. The third kappa shape index (κ3) is 5.02. The van der Waals surface area contributed by atoms with Crippen LogP contribution in [0.4, 0.5) is 11.6 Å². The van der Waals surface area contributed by atoms with Gasteiger partial charge < -0.3 is 15.4 Å². The molecule has 0 atom stereocenters. The standard InChI is InChI=1S/C20H28N4O2/c1-13(2)16-7-6-8-17(14(3)4)18(16)24-19(25)15-11-22-20(23-12-15)21-9-10-26-5/h6-8,11-14H,9-10H2,1-5H3,(H,24,25)(H,21,22,23). The molecule has 6 nitrogen and oxygen atoms in total. The number of aromatic nitrogens is 2. The van der Waals surface area contributed by atoms with Crippen LogP contribution >= 0.6 is 0 Å². The molecule has 0 radical (unpaired) electrons. The molecule has 140 valence electrons. The van der Waals surface area contributed by atoms with Gasteiger partial charge in [0.25, 0.3) is 5.91 Å². The number of carbonyl (C=O) groups is 1. The molecule has 2 aromatic rings. The SMILES string of the molecule is COCCNc1ncc(C(=O)Nc2c(C(C)C)cccc2C(C)C)cn1. The smallest absolute Gasteiger partial charge is 0.258 e. The first kappa shape index (κ1) is 19.8. The summed E-state index contributed by atoms with van der Waals surface area (Å²) in [5.41, 5.74) is 3.58. The molecule has 1 amide bonds. The highest BCUT2D eigenvalue weighted by Gasteiger charge is 2.17. The number of hydrogen-bond donors (Lipinski definition) is 2. The Morgan fingerprint density at radius 3 is 2.15 bits per heavy atom. The molecule has 0 saturated heterocycles. The number of ether oxygens (including phenoxy) is 1. The Morgan fingerprint density at radius 2 is 1.65 bits per heavy atom. The molecule has 2 rings (SSSR count). The number of anilines is 2. The topological polar surface area (TPSA) is 76.1 Å². The van der Waals surface area contributed by atoms with Crippen LogP contribution in [-0.2, 0) is 4.74 Å². The van der Waals surface area contributed by atoms with Crippen molar-refractivity contribution in [2.75, 3.05) is 30.9 Å². The minimum atomic E-state index is -0.205. The molecule has 2 N–H and O–H groups in total. The zero-order valence-corrected chi connectivity index (χ0v) is 16.2. The van der Waals surface area contributed by atoms with Gasteiger partial charge in [0.2, 0.25) is 5.95 Å². The molecule has 1 heterocycles. The second-order valence-electron chi connectivity index (χ2n) is 6.79. The third-order valence-corrected chi connectivity index (χ3v) is 4.11. The second-order valence-corrected chi connectivity index (χ2v) is 6.79. The quantitative estimate of drug-likeness (QED) is 0.698. The van der Waals surface area contributed by atoms with E-state index < -0.39 is 0 Å². The fraction of sp³-hybridized carbons (Fsp3) is 0.450. The maximum absolute atomic E-state index is 12.7. The molecular formula is C20H28N4O2. The number of methoxy groups -OCH3 is 1. The summed E-state index contributed by atoms with van der Waals surface area (Å²) in [6.07, 6.45) is 3.06.